The van der Waals surface area contributed by atoms with Crippen LogP contribution >= 0.6 is 0 Å². The van der Waals surface area contributed by atoms with Crippen LogP contribution in [0.3, 0.4) is 0 Å². The smallest absolute Gasteiger partial charge is 0.272 e. The third-order valence-electron chi connectivity index (χ3n) is 4.12. The van der Waals surface area contributed by atoms with Gasteiger partial charge in [0.2, 0.25) is 5.96 Å². The van der Waals surface area contributed by atoms with Crippen LogP contribution in [-0.2, 0) is 0 Å². The van der Waals surface area contributed by atoms with Crippen LogP contribution in [0.15, 0.2) is 58.7 Å². The van der Waals surface area contributed by atoms with Crippen molar-refractivity contribution in [2.45, 2.75) is 13.8 Å². The van der Waals surface area contributed by atoms with E-state index in [4.69, 9.17) is 11.5 Å². The largest absolute Gasteiger partial charge is 0.385 e. The van der Waals surface area contributed by atoms with E-state index in [2.05, 4.69) is 25.8 Å². The molecule has 1 aromatic heterocycles. The summed E-state index contributed by atoms with van der Waals surface area (Å²) in [6.45, 7) is 4.68. The summed E-state index contributed by atoms with van der Waals surface area (Å²) in [5.41, 5.74) is 15.2. The number of anilines is 2. The van der Waals surface area contributed by atoms with E-state index in [0.717, 1.165) is 28.7 Å². The summed E-state index contributed by atoms with van der Waals surface area (Å²) < 4.78 is 0. The van der Waals surface area contributed by atoms with Gasteiger partial charge >= 0.3 is 0 Å². The van der Waals surface area contributed by atoms with Gasteiger partial charge in [0.1, 0.15) is 5.69 Å². The number of hydrogen-bond acceptors (Lipinski definition) is 4. The van der Waals surface area contributed by atoms with Crippen molar-refractivity contribution >= 4 is 39.9 Å². The van der Waals surface area contributed by atoms with Gasteiger partial charge in [-0.3, -0.25) is 4.79 Å². The highest BCUT2D eigenvalue weighted by Crippen LogP contribution is 2.21. The summed E-state index contributed by atoms with van der Waals surface area (Å²) in [5.74, 6) is -0.306. The standard InChI is InChI=1S/C20H23N7O/c1-3-23-16-9-6-14-10-18(25-17(14)11-16)19(28)24-15-7-4-13(5-8-15)12(2)26-27-20(21)22/h4-11,23,25H,3H2,1-2H3,(H,24,28)(H4,21,22,27)/b26-12+. The molecule has 0 aliphatic heterocycles. The first kappa shape index (κ1) is 19.0. The van der Waals surface area contributed by atoms with Crippen LogP contribution in [0.5, 0.6) is 0 Å². The summed E-state index contributed by atoms with van der Waals surface area (Å²) in [6, 6.07) is 15.1. The third kappa shape index (κ3) is 4.47. The van der Waals surface area contributed by atoms with Gasteiger partial charge in [0, 0.05) is 28.8 Å². The maximum absolute atomic E-state index is 12.6. The predicted octanol–water partition coefficient (Wildman–Crippen LogP) is 2.85. The van der Waals surface area contributed by atoms with Gasteiger partial charge in [-0.1, -0.05) is 18.2 Å². The van der Waals surface area contributed by atoms with Crippen LogP contribution in [0.25, 0.3) is 10.9 Å². The maximum Gasteiger partial charge on any atom is 0.272 e. The first-order chi connectivity index (χ1) is 13.5. The minimum Gasteiger partial charge on any atom is -0.385 e. The first-order valence-electron chi connectivity index (χ1n) is 8.88. The number of H-pyrrole nitrogens is 1. The zero-order chi connectivity index (χ0) is 20.1. The van der Waals surface area contributed by atoms with Gasteiger partial charge < -0.3 is 27.1 Å². The molecule has 0 atom stereocenters. The molecule has 0 spiro atoms. The molecule has 0 radical (unpaired) electrons. The molecule has 0 saturated heterocycles. The normalized spacial score (nSPS) is 11.3. The Bertz CT molecular complexity index is 1040. The number of fused-ring (bicyclic) bond motifs is 1. The lowest BCUT2D eigenvalue weighted by atomic mass is 10.1. The van der Waals surface area contributed by atoms with Gasteiger partial charge in [0.25, 0.3) is 5.91 Å². The van der Waals surface area contributed by atoms with E-state index in [-0.39, 0.29) is 11.9 Å². The molecule has 0 aliphatic rings. The van der Waals surface area contributed by atoms with Crippen LogP contribution in [0.1, 0.15) is 29.9 Å². The molecule has 0 fully saturated rings. The number of nitrogens with one attached hydrogen (secondary N) is 3. The second-order valence-electron chi connectivity index (χ2n) is 6.26. The molecule has 3 rings (SSSR count). The van der Waals surface area contributed by atoms with Crippen LogP contribution in [-0.4, -0.2) is 29.1 Å². The van der Waals surface area contributed by atoms with Gasteiger partial charge in [-0.2, -0.15) is 5.10 Å². The molecule has 1 amide bonds. The van der Waals surface area contributed by atoms with Crippen molar-refractivity contribution in [1.29, 1.82) is 0 Å². The second-order valence-corrected chi connectivity index (χ2v) is 6.26. The molecule has 7 N–H and O–H groups in total. The van der Waals surface area contributed by atoms with Crippen LogP contribution in [0, 0.1) is 0 Å². The average molecular weight is 377 g/mol. The Hall–Kier alpha value is -3.81. The third-order valence-corrected chi connectivity index (χ3v) is 4.12. The number of nitrogens with two attached hydrogens (primary N) is 2. The lowest BCUT2D eigenvalue weighted by Crippen LogP contribution is -2.22. The number of hydrogen-bond donors (Lipinski definition) is 5. The molecular weight excluding hydrogens is 354 g/mol. The number of benzene rings is 2. The molecule has 8 nitrogen and oxygen atoms in total. The summed E-state index contributed by atoms with van der Waals surface area (Å²) >= 11 is 0. The van der Waals surface area contributed by atoms with Gasteiger partial charge in [-0.15, -0.1) is 5.10 Å². The Kier molecular flexibility index (Phi) is 5.59. The zero-order valence-electron chi connectivity index (χ0n) is 15.8. The first-order valence-corrected chi connectivity index (χ1v) is 8.88. The molecule has 2 aromatic carbocycles. The minimum absolute atomic E-state index is 0.0980. The number of rotatable bonds is 6. The van der Waals surface area contributed by atoms with E-state index in [9.17, 15) is 4.79 Å². The molecule has 3 aromatic rings. The zero-order valence-corrected chi connectivity index (χ0v) is 15.8. The Labute approximate surface area is 162 Å². The molecule has 1 heterocycles. The lowest BCUT2D eigenvalue weighted by molar-refractivity contribution is 0.102. The molecule has 8 heteroatoms. The van der Waals surface area contributed by atoms with E-state index in [1.54, 1.807) is 19.1 Å². The highest BCUT2D eigenvalue weighted by molar-refractivity contribution is 6.06. The van der Waals surface area contributed by atoms with Crippen molar-refractivity contribution in [1.82, 2.24) is 4.98 Å². The van der Waals surface area contributed by atoms with Crippen molar-refractivity contribution in [2.24, 2.45) is 21.7 Å². The Morgan fingerprint density at radius 1 is 1.04 bits per heavy atom. The molecule has 0 unspecified atom stereocenters. The SMILES string of the molecule is CCNc1ccc2cc(C(=O)Nc3ccc(/C(C)=N/N=C(N)N)cc3)[nH]c2c1. The fraction of sp³-hybridized carbons (Fsp3) is 0.150. The molecule has 0 bridgehead atoms. The fourth-order valence-electron chi connectivity index (χ4n) is 2.75. The number of carbonyl (C=O) groups is 1. The molecule has 0 aliphatic carbocycles. The van der Waals surface area contributed by atoms with E-state index in [1.165, 1.54) is 0 Å². The number of aromatic nitrogens is 1. The monoisotopic (exact) mass is 377 g/mol. The van der Waals surface area contributed by atoms with Crippen LogP contribution in [0.2, 0.25) is 0 Å². The molecular formula is C20H23N7O. The van der Waals surface area contributed by atoms with Gasteiger partial charge in [-0.05, 0) is 49.7 Å². The number of nitrogens with zero attached hydrogens (tertiary/aromatic N) is 2. The molecule has 144 valence electrons. The topological polar surface area (TPSA) is 134 Å². The molecule has 28 heavy (non-hydrogen) atoms. The summed E-state index contributed by atoms with van der Waals surface area (Å²) in [5, 5.41) is 14.7. The summed E-state index contributed by atoms with van der Waals surface area (Å²) in [7, 11) is 0. The highest BCUT2D eigenvalue weighted by Gasteiger charge is 2.10. The van der Waals surface area contributed by atoms with E-state index >= 15 is 0 Å². The maximum atomic E-state index is 12.6. The van der Waals surface area contributed by atoms with Crippen molar-refractivity contribution in [3.05, 3.63) is 59.8 Å². The van der Waals surface area contributed by atoms with E-state index in [0.29, 0.717) is 17.1 Å². The average Bonchev–Trinajstić information content (AvgIpc) is 3.10. The van der Waals surface area contributed by atoms with Gasteiger partial charge in [0.05, 0.1) is 5.71 Å². The van der Waals surface area contributed by atoms with Crippen molar-refractivity contribution in [3.63, 3.8) is 0 Å². The van der Waals surface area contributed by atoms with Crippen molar-refractivity contribution in [2.75, 3.05) is 17.2 Å². The Balaban J connectivity index is 1.73. The highest BCUT2D eigenvalue weighted by atomic mass is 16.1. The summed E-state index contributed by atoms with van der Waals surface area (Å²) in [6.07, 6.45) is 0. The minimum atomic E-state index is -0.208. The van der Waals surface area contributed by atoms with Crippen molar-refractivity contribution < 1.29 is 4.79 Å². The van der Waals surface area contributed by atoms with Crippen LogP contribution in [0.4, 0.5) is 11.4 Å². The number of carbonyl (C=O) groups excluding carboxylic acids is 1. The summed E-state index contributed by atoms with van der Waals surface area (Å²) in [4.78, 5) is 15.7. The fourth-order valence-corrected chi connectivity index (χ4v) is 2.75. The quantitative estimate of drug-likeness (QED) is 0.256. The van der Waals surface area contributed by atoms with Crippen LogP contribution < -0.4 is 22.1 Å². The number of guanidine groups is 1. The van der Waals surface area contributed by atoms with E-state index in [1.807, 2.05) is 43.3 Å². The number of aromatic amines is 1. The van der Waals surface area contributed by atoms with E-state index < -0.39 is 0 Å². The van der Waals surface area contributed by atoms with Crippen molar-refractivity contribution in [3.8, 4) is 0 Å². The second kappa shape index (κ2) is 8.26. The predicted molar refractivity (Wildman–Crippen MR) is 115 cm³/mol. The number of amides is 1. The van der Waals surface area contributed by atoms with Gasteiger partial charge in [-0.25, -0.2) is 0 Å². The Morgan fingerprint density at radius 2 is 1.75 bits per heavy atom. The Morgan fingerprint density at radius 3 is 2.43 bits per heavy atom. The van der Waals surface area contributed by atoms with Gasteiger partial charge in [0.15, 0.2) is 0 Å². The lowest BCUT2D eigenvalue weighted by Gasteiger charge is -2.05. The molecule has 0 saturated carbocycles.